The van der Waals surface area contributed by atoms with Gasteiger partial charge in [0.1, 0.15) is 17.7 Å². The molecule has 0 spiro atoms. The van der Waals surface area contributed by atoms with Gasteiger partial charge in [0, 0.05) is 37.5 Å². The molecule has 3 unspecified atom stereocenters. The summed E-state index contributed by atoms with van der Waals surface area (Å²) >= 11 is 0. The number of nitrogens with two attached hydrogens (primary N) is 1. The number of hydrogen-bond donors (Lipinski definition) is 2. The van der Waals surface area contributed by atoms with E-state index in [1.807, 2.05) is 0 Å². The molecule has 176 valence electrons. The Balaban J connectivity index is 1.43. The third-order valence-corrected chi connectivity index (χ3v) is 6.17. The van der Waals surface area contributed by atoms with Crippen molar-refractivity contribution in [2.24, 2.45) is 0 Å². The fourth-order valence-electron chi connectivity index (χ4n) is 4.29. The number of ether oxygens (including phenoxy) is 1. The Hall–Kier alpha value is -3.19. The van der Waals surface area contributed by atoms with E-state index >= 15 is 0 Å². The van der Waals surface area contributed by atoms with Gasteiger partial charge in [-0.1, -0.05) is 0 Å². The number of fused-ring (bicyclic) bond motifs is 2. The Morgan fingerprint density at radius 1 is 1.33 bits per heavy atom. The number of nitrogens with zero attached hydrogens (tertiary/aromatic N) is 5. The van der Waals surface area contributed by atoms with Crippen LogP contribution in [0.2, 0.25) is 0 Å². The van der Waals surface area contributed by atoms with Gasteiger partial charge in [-0.3, -0.25) is 19.1 Å². The number of ketones is 1. The molecule has 2 aromatic rings. The molecule has 3 N–H and O–H groups in total. The van der Waals surface area contributed by atoms with Crippen LogP contribution >= 0.6 is 0 Å². The highest BCUT2D eigenvalue weighted by molar-refractivity contribution is 5.99. The van der Waals surface area contributed by atoms with E-state index in [0.717, 1.165) is 16.0 Å². The molecule has 0 radical (unpaired) electrons. The molecule has 0 saturated carbocycles. The summed E-state index contributed by atoms with van der Waals surface area (Å²) in [6.07, 6.45) is -3.85. The zero-order valence-electron chi connectivity index (χ0n) is 17.5. The van der Waals surface area contributed by atoms with Gasteiger partial charge in [-0.2, -0.15) is 18.2 Å². The summed E-state index contributed by atoms with van der Waals surface area (Å²) in [7, 11) is 0. The number of carbonyl (C=O) groups excluding carboxylic acids is 1. The highest BCUT2D eigenvalue weighted by atomic mass is 19.4. The van der Waals surface area contributed by atoms with Crippen molar-refractivity contribution in [1.82, 2.24) is 19.4 Å². The molecule has 0 aromatic carbocycles. The lowest BCUT2D eigenvalue weighted by molar-refractivity contribution is -0.152. The Morgan fingerprint density at radius 3 is 2.79 bits per heavy atom. The molecule has 5 rings (SSSR count). The Morgan fingerprint density at radius 2 is 2.15 bits per heavy atom. The van der Waals surface area contributed by atoms with Crippen LogP contribution in [0, 0.1) is 0 Å². The Kier molecular flexibility index (Phi) is 5.24. The van der Waals surface area contributed by atoms with E-state index in [2.05, 4.69) is 20.2 Å². The van der Waals surface area contributed by atoms with Crippen molar-refractivity contribution >= 4 is 23.4 Å². The first kappa shape index (κ1) is 21.6. The molecule has 5 heterocycles. The quantitative estimate of drug-likeness (QED) is 0.469. The molecular weight excluding hydrogens is 443 g/mol. The first-order valence-corrected chi connectivity index (χ1v) is 10.5. The molecular formula is C20H22F3N7O3. The van der Waals surface area contributed by atoms with Crippen molar-refractivity contribution in [3.05, 3.63) is 40.3 Å². The van der Waals surface area contributed by atoms with E-state index in [-0.39, 0.29) is 42.2 Å². The number of carbonyl (C=O) groups is 1. The van der Waals surface area contributed by atoms with Crippen molar-refractivity contribution in [3.8, 4) is 0 Å². The van der Waals surface area contributed by atoms with Gasteiger partial charge >= 0.3 is 6.18 Å². The molecule has 2 fully saturated rings. The summed E-state index contributed by atoms with van der Waals surface area (Å²) < 4.78 is 48.3. The van der Waals surface area contributed by atoms with Crippen molar-refractivity contribution in [2.45, 2.75) is 37.3 Å². The van der Waals surface area contributed by atoms with Gasteiger partial charge in [0.25, 0.3) is 5.56 Å². The third-order valence-electron chi connectivity index (χ3n) is 6.17. The molecule has 0 bridgehead atoms. The van der Waals surface area contributed by atoms with Crippen LogP contribution in [0.25, 0.3) is 0 Å². The largest absolute Gasteiger partial charge is 0.408 e. The van der Waals surface area contributed by atoms with Crippen LogP contribution < -0.4 is 21.5 Å². The van der Waals surface area contributed by atoms with Gasteiger partial charge in [0.05, 0.1) is 25.4 Å². The second kappa shape index (κ2) is 7.99. The molecule has 13 heteroatoms. The number of nitrogens with one attached hydrogen (secondary N) is 1. The van der Waals surface area contributed by atoms with Gasteiger partial charge in [0.2, 0.25) is 5.95 Å². The lowest BCUT2D eigenvalue weighted by atomic mass is 10.1. The third kappa shape index (κ3) is 4.25. The van der Waals surface area contributed by atoms with E-state index in [9.17, 15) is 22.8 Å². The monoisotopic (exact) mass is 465 g/mol. The normalized spacial score (nSPS) is 26.0. The number of pyridine rings is 1. The lowest BCUT2D eigenvalue weighted by Crippen LogP contribution is -2.54. The average molecular weight is 465 g/mol. The van der Waals surface area contributed by atoms with Crippen LogP contribution in [-0.4, -0.2) is 75.9 Å². The maximum atomic E-state index is 13.9. The number of halogens is 3. The molecule has 0 aliphatic carbocycles. The Bertz CT molecular complexity index is 1120. The zero-order chi connectivity index (χ0) is 23.3. The standard InChI is InChI=1S/C20H22F3N7O3/c21-20(22,23)15-3-4-29-18(32)5-17(26-7-14-12-8-28(12)10-33-14)27-19(29)30(15)9-13(31)11-1-2-16(24)25-6-11/h1-2,5-6,12,14-15,26H,3-4,7-10H2,(H2,24,25)/t12?,14?,15-,28?/m0/s1. The molecule has 3 aliphatic heterocycles. The molecule has 4 atom stereocenters. The SMILES string of the molecule is Nc1ccc(C(=O)CN2c3nc(NCC4OCN5CC45)cc(=O)n3CC[C@H]2C(F)(F)F)cn1. The van der Waals surface area contributed by atoms with Crippen LogP contribution in [-0.2, 0) is 11.3 Å². The minimum atomic E-state index is -4.61. The Labute approximate surface area is 186 Å². The van der Waals surface area contributed by atoms with Gasteiger partial charge < -0.3 is 20.7 Å². The number of nitrogen functional groups attached to an aromatic ring is 1. The minimum Gasteiger partial charge on any atom is -0.384 e. The maximum Gasteiger partial charge on any atom is 0.408 e. The molecule has 3 aliphatic rings. The second-order valence-corrected chi connectivity index (χ2v) is 8.35. The van der Waals surface area contributed by atoms with Crippen molar-refractivity contribution in [2.75, 3.05) is 42.3 Å². The van der Waals surface area contributed by atoms with E-state index < -0.39 is 30.1 Å². The van der Waals surface area contributed by atoms with Gasteiger partial charge in [-0.15, -0.1) is 0 Å². The lowest BCUT2D eigenvalue weighted by Gasteiger charge is -2.38. The molecule has 2 saturated heterocycles. The van der Waals surface area contributed by atoms with Crippen molar-refractivity contribution < 1.29 is 22.7 Å². The smallest absolute Gasteiger partial charge is 0.384 e. The van der Waals surface area contributed by atoms with Crippen LogP contribution in [0.15, 0.2) is 29.2 Å². The van der Waals surface area contributed by atoms with Crippen LogP contribution in [0.3, 0.4) is 0 Å². The average Bonchev–Trinajstić information content (AvgIpc) is 3.44. The van der Waals surface area contributed by atoms with Gasteiger partial charge in [-0.25, -0.2) is 4.98 Å². The summed E-state index contributed by atoms with van der Waals surface area (Å²) in [5.74, 6) is -0.461. The number of Topliss-reactive ketones (excluding diaryl/α,β-unsaturated/α-hetero) is 1. The molecule has 33 heavy (non-hydrogen) atoms. The molecule has 2 aromatic heterocycles. The summed E-state index contributed by atoms with van der Waals surface area (Å²) in [5, 5.41) is 3.01. The fourth-order valence-corrected chi connectivity index (χ4v) is 4.29. The predicted molar refractivity (Wildman–Crippen MR) is 112 cm³/mol. The summed E-state index contributed by atoms with van der Waals surface area (Å²) in [6, 6.07) is 2.41. The maximum absolute atomic E-state index is 13.9. The van der Waals surface area contributed by atoms with Crippen LogP contribution in [0.1, 0.15) is 16.8 Å². The van der Waals surface area contributed by atoms with E-state index in [1.165, 1.54) is 24.4 Å². The molecule has 10 nitrogen and oxygen atoms in total. The first-order chi connectivity index (χ1) is 15.7. The fraction of sp³-hybridized carbons (Fsp3) is 0.500. The summed E-state index contributed by atoms with van der Waals surface area (Å²) in [4.78, 5) is 36.6. The highest BCUT2D eigenvalue weighted by Gasteiger charge is 2.48. The number of rotatable bonds is 6. The van der Waals surface area contributed by atoms with Crippen molar-refractivity contribution in [3.63, 3.8) is 0 Å². The number of hydrogen-bond acceptors (Lipinski definition) is 9. The topological polar surface area (TPSA) is 118 Å². The van der Waals surface area contributed by atoms with Gasteiger partial charge in [-0.05, 0) is 18.6 Å². The number of alkyl halides is 3. The highest BCUT2D eigenvalue weighted by Crippen LogP contribution is 2.34. The van der Waals surface area contributed by atoms with Crippen LogP contribution in [0.5, 0.6) is 0 Å². The van der Waals surface area contributed by atoms with E-state index in [1.54, 1.807) is 0 Å². The first-order valence-electron chi connectivity index (χ1n) is 10.5. The predicted octanol–water partition coefficient (Wildman–Crippen LogP) is 0.697. The minimum absolute atomic E-state index is 0.0794. The number of aromatic nitrogens is 3. The zero-order valence-corrected chi connectivity index (χ0v) is 17.5. The van der Waals surface area contributed by atoms with E-state index in [0.29, 0.717) is 19.3 Å². The number of anilines is 3. The van der Waals surface area contributed by atoms with Crippen molar-refractivity contribution in [1.29, 1.82) is 0 Å². The van der Waals surface area contributed by atoms with Crippen LogP contribution in [0.4, 0.5) is 30.8 Å². The molecule has 0 amide bonds. The second-order valence-electron chi connectivity index (χ2n) is 8.35. The summed E-state index contributed by atoms with van der Waals surface area (Å²) in [5.41, 5.74) is 5.15. The summed E-state index contributed by atoms with van der Waals surface area (Å²) in [6.45, 7) is 1.09. The van der Waals surface area contributed by atoms with E-state index in [4.69, 9.17) is 10.5 Å². The van der Waals surface area contributed by atoms with Gasteiger partial charge in [0.15, 0.2) is 5.78 Å².